The number of hydrogen-bond donors (Lipinski definition) is 0. The molecule has 108 valence electrons. The molecule has 0 amide bonds. The molecule has 0 radical (unpaired) electrons. The zero-order chi connectivity index (χ0) is 15.0. The summed E-state index contributed by atoms with van der Waals surface area (Å²) < 4.78 is 14.5. The number of Topliss-reactive ketones (excluding diaryl/α,β-unsaturated/α-hetero) is 1. The van der Waals surface area contributed by atoms with E-state index in [2.05, 4.69) is 36.7 Å². The molecule has 0 bridgehead atoms. The van der Waals surface area contributed by atoms with Crippen LogP contribution in [0.1, 0.15) is 37.2 Å². The zero-order valence-corrected chi connectivity index (χ0v) is 14.2. The second-order valence-electron chi connectivity index (χ2n) is 4.53. The van der Waals surface area contributed by atoms with Crippen molar-refractivity contribution in [2.45, 2.75) is 31.6 Å². The fourth-order valence-corrected chi connectivity index (χ4v) is 2.86. The Morgan fingerprint density at radius 1 is 1.35 bits per heavy atom. The van der Waals surface area contributed by atoms with E-state index in [1.165, 1.54) is 0 Å². The predicted octanol–water partition coefficient (Wildman–Crippen LogP) is 5.12. The van der Waals surface area contributed by atoms with Crippen LogP contribution in [0.2, 0.25) is 0 Å². The van der Waals surface area contributed by atoms with Gasteiger partial charge in [0.1, 0.15) is 5.82 Å². The minimum atomic E-state index is -0.417. The Bertz CT molecular complexity index is 499. The monoisotopic (exact) mass is 403 g/mol. The minimum Gasteiger partial charge on any atom is -0.317 e. The first-order chi connectivity index (χ1) is 9.61. The zero-order valence-electron chi connectivity index (χ0n) is 11.0. The van der Waals surface area contributed by atoms with E-state index >= 15 is 0 Å². The number of alkyl halides is 1. The number of carbonyl (C=O) groups excluding carboxylic acids is 1. The highest BCUT2D eigenvalue weighted by atomic mass is 79.9. The Hall–Kier alpha value is -0.730. The molecule has 0 fully saturated rings. The lowest BCUT2D eigenvalue weighted by molar-refractivity contribution is -0.118. The Balaban J connectivity index is 2.77. The highest BCUT2D eigenvalue weighted by Gasteiger charge is 2.23. The topological polar surface area (TPSA) is 21.4 Å². The van der Waals surface area contributed by atoms with Crippen molar-refractivity contribution in [1.29, 1.82) is 0 Å². The molecule has 0 aliphatic heterocycles. The van der Waals surface area contributed by atoms with Crippen LogP contribution in [0.3, 0.4) is 0 Å². The van der Waals surface area contributed by atoms with Gasteiger partial charge < -0.3 is 4.85 Å². The molecule has 0 aliphatic carbocycles. The largest absolute Gasteiger partial charge is 0.317 e. The average molecular weight is 405 g/mol. The van der Waals surface area contributed by atoms with Gasteiger partial charge in [-0.3, -0.25) is 4.79 Å². The molecule has 0 spiro atoms. The number of rotatable bonds is 8. The van der Waals surface area contributed by atoms with E-state index in [1.54, 1.807) is 18.2 Å². The summed E-state index contributed by atoms with van der Waals surface area (Å²) in [7, 11) is 0. The van der Waals surface area contributed by atoms with Crippen LogP contribution in [0.5, 0.6) is 0 Å². The van der Waals surface area contributed by atoms with Crippen LogP contribution in [0, 0.1) is 12.4 Å². The maximum Gasteiger partial charge on any atom is 0.214 e. The van der Waals surface area contributed by atoms with Gasteiger partial charge in [0.25, 0.3) is 0 Å². The minimum absolute atomic E-state index is 0.00724. The van der Waals surface area contributed by atoms with Gasteiger partial charge in [-0.15, -0.1) is 0 Å². The van der Waals surface area contributed by atoms with E-state index in [9.17, 15) is 9.18 Å². The summed E-state index contributed by atoms with van der Waals surface area (Å²) >= 11 is 6.32. The molecule has 1 rings (SSSR count). The van der Waals surface area contributed by atoms with Crippen molar-refractivity contribution in [3.05, 3.63) is 45.5 Å². The molecule has 0 saturated carbocycles. The molecular weight excluding hydrogens is 389 g/mol. The highest BCUT2D eigenvalue weighted by Crippen LogP contribution is 2.30. The highest BCUT2D eigenvalue weighted by molar-refractivity contribution is 9.10. The molecule has 5 heteroatoms. The number of hydrogen-bond acceptors (Lipinski definition) is 1. The molecule has 1 unspecified atom stereocenters. The molecule has 20 heavy (non-hydrogen) atoms. The molecule has 1 aromatic carbocycles. The Kier molecular flexibility index (Phi) is 8.01. The predicted molar refractivity (Wildman–Crippen MR) is 85.6 cm³/mol. The molecule has 0 saturated heterocycles. The van der Waals surface area contributed by atoms with Crippen molar-refractivity contribution in [3.8, 4) is 0 Å². The van der Waals surface area contributed by atoms with E-state index in [4.69, 9.17) is 6.57 Å². The van der Waals surface area contributed by atoms with Gasteiger partial charge in [-0.1, -0.05) is 34.5 Å². The maximum atomic E-state index is 14.1. The summed E-state index contributed by atoms with van der Waals surface area (Å²) in [5.41, 5.74) is 0.453. The van der Waals surface area contributed by atoms with E-state index in [1.807, 2.05) is 0 Å². The third kappa shape index (κ3) is 4.99. The summed E-state index contributed by atoms with van der Waals surface area (Å²) in [6.45, 7) is 7.23. The van der Waals surface area contributed by atoms with Gasteiger partial charge in [-0.2, -0.15) is 0 Å². The maximum absolute atomic E-state index is 14.1. The lowest BCUT2D eigenvalue weighted by atomic mass is 9.89. The first-order valence-corrected chi connectivity index (χ1v) is 8.39. The average Bonchev–Trinajstić information content (AvgIpc) is 2.46. The van der Waals surface area contributed by atoms with Gasteiger partial charge in [-0.05, 0) is 40.4 Å². The molecular formula is C15H16Br2FNO. The number of benzene rings is 1. The summed E-state index contributed by atoms with van der Waals surface area (Å²) in [4.78, 5) is 15.3. The van der Waals surface area contributed by atoms with Gasteiger partial charge in [0.15, 0.2) is 5.78 Å². The van der Waals surface area contributed by atoms with Crippen LogP contribution < -0.4 is 0 Å². The van der Waals surface area contributed by atoms with E-state index in [0.717, 1.165) is 19.3 Å². The lowest BCUT2D eigenvalue weighted by Crippen LogP contribution is -2.15. The SMILES string of the molecule is [C-]#[N+]CCCCCC(C(=O)CBr)c1cccc(Br)c1F. The normalized spacial score (nSPS) is 11.9. The molecule has 0 aromatic heterocycles. The van der Waals surface area contributed by atoms with Crippen molar-refractivity contribution in [2.24, 2.45) is 0 Å². The van der Waals surface area contributed by atoms with Crippen molar-refractivity contribution in [1.82, 2.24) is 0 Å². The first-order valence-electron chi connectivity index (χ1n) is 6.47. The standard InChI is InChI=1S/C15H16Br2FNO/c1-19-9-4-2-3-6-11(14(20)10-16)12-7-5-8-13(17)15(12)18/h5,7-8,11H,2-4,6,9-10H2. The van der Waals surface area contributed by atoms with Crippen LogP contribution >= 0.6 is 31.9 Å². The van der Waals surface area contributed by atoms with Crippen molar-refractivity contribution >= 4 is 37.6 Å². The number of ketones is 1. The van der Waals surface area contributed by atoms with E-state index in [0.29, 0.717) is 23.0 Å². The Morgan fingerprint density at radius 2 is 2.10 bits per heavy atom. The van der Waals surface area contributed by atoms with Crippen molar-refractivity contribution < 1.29 is 9.18 Å². The fourth-order valence-electron chi connectivity index (χ4n) is 2.09. The van der Waals surface area contributed by atoms with Gasteiger partial charge in [0.2, 0.25) is 6.54 Å². The summed E-state index contributed by atoms with van der Waals surface area (Å²) in [5.74, 6) is -0.778. The van der Waals surface area contributed by atoms with Crippen LogP contribution in [-0.4, -0.2) is 17.7 Å². The van der Waals surface area contributed by atoms with Crippen molar-refractivity contribution in [3.63, 3.8) is 0 Å². The molecule has 2 nitrogen and oxygen atoms in total. The Morgan fingerprint density at radius 3 is 2.75 bits per heavy atom. The first kappa shape index (κ1) is 17.3. The van der Waals surface area contributed by atoms with Crippen LogP contribution in [0.15, 0.2) is 22.7 Å². The molecule has 0 N–H and O–H groups in total. The number of halogens is 3. The van der Waals surface area contributed by atoms with Crippen LogP contribution in [0.4, 0.5) is 4.39 Å². The van der Waals surface area contributed by atoms with Gasteiger partial charge in [0, 0.05) is 12.3 Å². The second kappa shape index (κ2) is 9.25. The van der Waals surface area contributed by atoms with Crippen molar-refractivity contribution in [2.75, 3.05) is 11.9 Å². The molecule has 1 atom stereocenters. The van der Waals surface area contributed by atoms with Crippen LogP contribution in [-0.2, 0) is 4.79 Å². The van der Waals surface area contributed by atoms with E-state index < -0.39 is 5.92 Å². The molecule has 1 aromatic rings. The number of unbranched alkanes of at least 4 members (excludes halogenated alkanes) is 2. The number of nitrogens with zero attached hydrogens (tertiary/aromatic N) is 1. The third-order valence-electron chi connectivity index (χ3n) is 3.14. The van der Waals surface area contributed by atoms with Gasteiger partial charge >= 0.3 is 0 Å². The third-order valence-corrected chi connectivity index (χ3v) is 4.31. The van der Waals surface area contributed by atoms with Gasteiger partial charge in [0.05, 0.1) is 9.80 Å². The van der Waals surface area contributed by atoms with E-state index in [-0.39, 0.29) is 16.9 Å². The van der Waals surface area contributed by atoms with Gasteiger partial charge in [-0.25, -0.2) is 11.0 Å². The molecule has 0 heterocycles. The summed E-state index contributed by atoms with van der Waals surface area (Å²) in [6, 6.07) is 5.05. The fraction of sp³-hybridized carbons (Fsp3) is 0.467. The summed E-state index contributed by atoms with van der Waals surface area (Å²) in [6.07, 6.45) is 3.17. The summed E-state index contributed by atoms with van der Waals surface area (Å²) in [5, 5.41) is 0.228. The smallest absolute Gasteiger partial charge is 0.214 e. The van der Waals surface area contributed by atoms with Crippen LogP contribution in [0.25, 0.3) is 4.85 Å². The quantitative estimate of drug-likeness (QED) is 0.335. The Labute approximate surface area is 135 Å². The molecule has 0 aliphatic rings. The number of carbonyl (C=O) groups is 1. The lowest BCUT2D eigenvalue weighted by Gasteiger charge is -2.16. The second-order valence-corrected chi connectivity index (χ2v) is 5.94.